The van der Waals surface area contributed by atoms with Gasteiger partial charge in [0.25, 0.3) is 5.91 Å². The van der Waals surface area contributed by atoms with Crippen LogP contribution < -0.4 is 5.32 Å². The molecule has 0 bridgehead atoms. The van der Waals surface area contributed by atoms with Gasteiger partial charge in [0.15, 0.2) is 0 Å². The zero-order chi connectivity index (χ0) is 22.3. The van der Waals surface area contributed by atoms with Crippen molar-refractivity contribution < 1.29 is 13.9 Å². The topological polar surface area (TPSA) is 56.4 Å². The van der Waals surface area contributed by atoms with E-state index in [0.29, 0.717) is 31.9 Å². The van der Waals surface area contributed by atoms with E-state index in [1.807, 2.05) is 68.4 Å². The van der Waals surface area contributed by atoms with Crippen LogP contribution in [0.5, 0.6) is 0 Å². The van der Waals surface area contributed by atoms with Crippen LogP contribution in [0.3, 0.4) is 0 Å². The van der Waals surface area contributed by atoms with Gasteiger partial charge in [0.05, 0.1) is 31.6 Å². The van der Waals surface area contributed by atoms with Crippen LogP contribution in [0.2, 0.25) is 0 Å². The molecule has 0 aliphatic carbocycles. The minimum Gasteiger partial charge on any atom is -0.467 e. The van der Waals surface area contributed by atoms with E-state index < -0.39 is 0 Å². The number of hydrogen-bond donors (Lipinski definition) is 1. The second kappa shape index (κ2) is 10.2. The van der Waals surface area contributed by atoms with Crippen molar-refractivity contribution in [1.82, 2.24) is 9.88 Å². The van der Waals surface area contributed by atoms with Gasteiger partial charge in [-0.2, -0.15) is 0 Å². The largest absolute Gasteiger partial charge is 0.467 e. The third kappa shape index (κ3) is 5.37. The van der Waals surface area contributed by atoms with Crippen LogP contribution in [-0.2, 0) is 31.0 Å². The first-order valence-electron chi connectivity index (χ1n) is 10.8. The van der Waals surface area contributed by atoms with Gasteiger partial charge in [-0.1, -0.05) is 54.6 Å². The summed E-state index contributed by atoms with van der Waals surface area (Å²) in [5.74, 6) is 0.791. The van der Waals surface area contributed by atoms with Crippen LogP contribution in [0.15, 0.2) is 83.5 Å². The lowest BCUT2D eigenvalue weighted by Gasteiger charge is -2.10. The fourth-order valence-electron chi connectivity index (χ4n) is 3.80. The van der Waals surface area contributed by atoms with Crippen molar-refractivity contribution in [3.8, 4) is 0 Å². The third-order valence-corrected chi connectivity index (χ3v) is 5.54. The molecule has 0 fully saturated rings. The number of carbonyl (C=O) groups is 1. The summed E-state index contributed by atoms with van der Waals surface area (Å²) in [4.78, 5) is 12.8. The molecular weight excluding hydrogens is 400 g/mol. The van der Waals surface area contributed by atoms with Gasteiger partial charge in [0, 0.05) is 17.9 Å². The lowest BCUT2D eigenvalue weighted by molar-refractivity contribution is 0.0950. The number of aryl methyl sites for hydroxylation is 1. The summed E-state index contributed by atoms with van der Waals surface area (Å²) in [6, 6.07) is 24.0. The first kappa shape index (κ1) is 21.7. The van der Waals surface area contributed by atoms with E-state index in [1.54, 1.807) is 6.26 Å². The Morgan fingerprint density at radius 1 is 0.906 bits per heavy atom. The van der Waals surface area contributed by atoms with E-state index >= 15 is 0 Å². The van der Waals surface area contributed by atoms with Gasteiger partial charge in [-0.25, -0.2) is 0 Å². The molecule has 0 aliphatic rings. The first-order chi connectivity index (χ1) is 15.6. The maximum Gasteiger partial charge on any atom is 0.253 e. The van der Waals surface area contributed by atoms with Gasteiger partial charge in [0.1, 0.15) is 5.76 Å². The summed E-state index contributed by atoms with van der Waals surface area (Å²) >= 11 is 0. The number of rotatable bonds is 9. The van der Waals surface area contributed by atoms with Gasteiger partial charge in [-0.05, 0) is 48.7 Å². The van der Waals surface area contributed by atoms with Crippen LogP contribution >= 0.6 is 0 Å². The Kier molecular flexibility index (Phi) is 6.87. The summed E-state index contributed by atoms with van der Waals surface area (Å²) in [5, 5.41) is 3.05. The number of aromatic nitrogens is 1. The Morgan fingerprint density at radius 2 is 1.66 bits per heavy atom. The van der Waals surface area contributed by atoms with Gasteiger partial charge in [-0.3, -0.25) is 4.79 Å². The number of furan rings is 1. The Morgan fingerprint density at radius 3 is 2.44 bits per heavy atom. The van der Waals surface area contributed by atoms with Crippen molar-refractivity contribution in [3.05, 3.63) is 118 Å². The Labute approximate surface area is 188 Å². The number of amides is 1. The second-order valence-electron chi connectivity index (χ2n) is 7.93. The van der Waals surface area contributed by atoms with E-state index in [2.05, 4.69) is 28.1 Å². The maximum absolute atomic E-state index is 12.8. The highest BCUT2D eigenvalue weighted by molar-refractivity contribution is 5.95. The standard InChI is InChI=1S/C27H28N2O3/c1-20-14-26(21(2)29(20)17-25-12-7-13-32-25)27(30)28-16-23-10-6-11-24(15-23)19-31-18-22-8-4-3-5-9-22/h3-15H,16-19H2,1-2H3,(H,28,30). The molecule has 0 aliphatic heterocycles. The highest BCUT2D eigenvalue weighted by atomic mass is 16.5. The number of carbonyl (C=O) groups excluding carboxylic acids is 1. The number of ether oxygens (including phenoxy) is 1. The van der Waals surface area contributed by atoms with E-state index in [0.717, 1.165) is 33.8 Å². The molecule has 0 radical (unpaired) electrons. The van der Waals surface area contributed by atoms with E-state index in [1.165, 1.54) is 0 Å². The Balaban J connectivity index is 1.33. The van der Waals surface area contributed by atoms with Crippen LogP contribution in [-0.4, -0.2) is 10.5 Å². The summed E-state index contributed by atoms with van der Waals surface area (Å²) in [5.41, 5.74) is 5.94. The van der Waals surface area contributed by atoms with E-state index in [9.17, 15) is 4.79 Å². The second-order valence-corrected chi connectivity index (χ2v) is 7.93. The Hall–Kier alpha value is -3.57. The first-order valence-corrected chi connectivity index (χ1v) is 10.8. The SMILES string of the molecule is Cc1cc(C(=O)NCc2cccc(COCc3ccccc3)c2)c(C)n1Cc1ccco1. The fraction of sp³-hybridized carbons (Fsp3) is 0.222. The molecule has 0 saturated heterocycles. The average molecular weight is 429 g/mol. The number of nitrogens with zero attached hydrogens (tertiary/aromatic N) is 1. The molecule has 0 spiro atoms. The molecule has 0 saturated carbocycles. The normalized spacial score (nSPS) is 10.9. The molecule has 1 amide bonds. The lowest BCUT2D eigenvalue weighted by atomic mass is 10.1. The average Bonchev–Trinajstić information content (AvgIpc) is 3.42. The van der Waals surface area contributed by atoms with E-state index in [4.69, 9.17) is 9.15 Å². The third-order valence-electron chi connectivity index (χ3n) is 5.54. The van der Waals surface area contributed by atoms with Crippen molar-refractivity contribution >= 4 is 5.91 Å². The van der Waals surface area contributed by atoms with Crippen molar-refractivity contribution in [2.24, 2.45) is 0 Å². The van der Waals surface area contributed by atoms with Crippen LogP contribution in [0.4, 0.5) is 0 Å². The van der Waals surface area contributed by atoms with E-state index in [-0.39, 0.29) is 5.91 Å². The summed E-state index contributed by atoms with van der Waals surface area (Å²) in [6.07, 6.45) is 1.66. The van der Waals surface area contributed by atoms with Crippen molar-refractivity contribution in [1.29, 1.82) is 0 Å². The molecular formula is C27H28N2O3. The van der Waals surface area contributed by atoms with Gasteiger partial charge in [0.2, 0.25) is 0 Å². The number of benzene rings is 2. The minimum absolute atomic E-state index is 0.0745. The fourth-order valence-corrected chi connectivity index (χ4v) is 3.80. The predicted octanol–water partition coefficient (Wildman–Crippen LogP) is 5.39. The molecule has 2 heterocycles. The summed E-state index contributed by atoms with van der Waals surface area (Å²) in [6.45, 7) is 6.16. The van der Waals surface area contributed by atoms with Crippen LogP contribution in [0.1, 0.15) is 44.2 Å². The zero-order valence-corrected chi connectivity index (χ0v) is 18.5. The molecule has 0 unspecified atom stereocenters. The molecule has 1 N–H and O–H groups in total. The molecule has 0 atom stereocenters. The summed E-state index contributed by atoms with van der Waals surface area (Å²) < 4.78 is 13.4. The molecule has 5 heteroatoms. The van der Waals surface area contributed by atoms with Crippen LogP contribution in [0, 0.1) is 13.8 Å². The minimum atomic E-state index is -0.0745. The molecule has 164 valence electrons. The van der Waals surface area contributed by atoms with Gasteiger partial charge >= 0.3 is 0 Å². The molecule has 32 heavy (non-hydrogen) atoms. The molecule has 2 aromatic carbocycles. The lowest BCUT2D eigenvalue weighted by Crippen LogP contribution is -2.23. The highest BCUT2D eigenvalue weighted by Gasteiger charge is 2.16. The van der Waals surface area contributed by atoms with Crippen molar-refractivity contribution in [2.75, 3.05) is 0 Å². The van der Waals surface area contributed by atoms with Crippen molar-refractivity contribution in [2.45, 2.75) is 40.2 Å². The summed E-state index contributed by atoms with van der Waals surface area (Å²) in [7, 11) is 0. The molecule has 5 nitrogen and oxygen atoms in total. The van der Waals surface area contributed by atoms with Crippen LogP contribution in [0.25, 0.3) is 0 Å². The Bertz CT molecular complexity index is 1160. The highest BCUT2D eigenvalue weighted by Crippen LogP contribution is 2.18. The predicted molar refractivity (Wildman–Crippen MR) is 124 cm³/mol. The molecule has 4 aromatic rings. The zero-order valence-electron chi connectivity index (χ0n) is 18.5. The molecule has 4 rings (SSSR count). The quantitative estimate of drug-likeness (QED) is 0.389. The van der Waals surface area contributed by atoms with Gasteiger partial charge < -0.3 is 19.0 Å². The number of hydrogen-bond acceptors (Lipinski definition) is 3. The number of nitrogens with one attached hydrogen (secondary N) is 1. The molecule has 2 aromatic heterocycles. The smallest absolute Gasteiger partial charge is 0.253 e. The van der Waals surface area contributed by atoms with Crippen molar-refractivity contribution in [3.63, 3.8) is 0 Å². The van der Waals surface area contributed by atoms with Gasteiger partial charge in [-0.15, -0.1) is 0 Å². The maximum atomic E-state index is 12.8. The monoisotopic (exact) mass is 428 g/mol.